The number of carbonyl (C=O) groups is 1. The summed E-state index contributed by atoms with van der Waals surface area (Å²) in [5.74, 6) is -0.924. The number of aliphatic carboxylic acids is 1. The summed E-state index contributed by atoms with van der Waals surface area (Å²) in [6, 6.07) is 4.20. The zero-order valence-corrected chi connectivity index (χ0v) is 12.2. The lowest BCUT2D eigenvalue weighted by atomic mass is 10.0. The average Bonchev–Trinajstić information content (AvgIpc) is 2.38. The van der Waals surface area contributed by atoms with Crippen molar-refractivity contribution in [1.82, 2.24) is 0 Å². The molecule has 1 aromatic rings. The van der Waals surface area contributed by atoms with E-state index in [1.54, 1.807) is 17.0 Å². The first-order chi connectivity index (χ1) is 9.00. The van der Waals surface area contributed by atoms with Crippen LogP contribution in [0.4, 0.5) is 11.4 Å². The third kappa shape index (κ3) is 2.96. The maximum atomic E-state index is 11.3. The van der Waals surface area contributed by atoms with Gasteiger partial charge in [-0.05, 0) is 54.0 Å². The summed E-state index contributed by atoms with van der Waals surface area (Å²) in [7, 11) is 0. The summed E-state index contributed by atoms with van der Waals surface area (Å²) >= 11 is 2.01. The molecule has 0 saturated carbocycles. The predicted octanol–water partition coefficient (Wildman–Crippen LogP) is 2.64. The predicted molar refractivity (Wildman–Crippen MR) is 78.4 cm³/mol. The Morgan fingerprint density at radius 3 is 2.84 bits per heavy atom. The van der Waals surface area contributed by atoms with Crippen molar-refractivity contribution >= 4 is 39.9 Å². The zero-order valence-electron chi connectivity index (χ0n) is 10.1. The Morgan fingerprint density at radius 2 is 2.21 bits per heavy atom. The van der Waals surface area contributed by atoms with Crippen LogP contribution in [0, 0.1) is 13.7 Å². The monoisotopic (exact) mass is 376 g/mol. The minimum absolute atomic E-state index is 0.0277. The Kier molecular flexibility index (Phi) is 4.23. The highest BCUT2D eigenvalue weighted by Gasteiger charge is 2.32. The first kappa shape index (κ1) is 14.0. The van der Waals surface area contributed by atoms with E-state index in [1.807, 2.05) is 22.6 Å². The lowest BCUT2D eigenvalue weighted by molar-refractivity contribution is -0.384. The fraction of sp³-hybridized carbons (Fsp3) is 0.417. The molecular weight excluding hydrogens is 363 g/mol. The number of halogens is 1. The molecule has 2 rings (SSSR count). The number of nitrogens with zero attached hydrogens (tertiary/aromatic N) is 2. The van der Waals surface area contributed by atoms with E-state index in [-0.39, 0.29) is 5.69 Å². The average molecular weight is 376 g/mol. The van der Waals surface area contributed by atoms with Crippen molar-refractivity contribution in [2.24, 2.45) is 0 Å². The third-order valence-electron chi connectivity index (χ3n) is 3.23. The fourth-order valence-corrected chi connectivity index (χ4v) is 2.84. The van der Waals surface area contributed by atoms with Gasteiger partial charge >= 0.3 is 5.97 Å². The van der Waals surface area contributed by atoms with Gasteiger partial charge in [-0.25, -0.2) is 4.79 Å². The lowest BCUT2D eigenvalue weighted by Crippen LogP contribution is -2.45. The van der Waals surface area contributed by atoms with Crippen LogP contribution < -0.4 is 4.90 Å². The molecular formula is C12H13IN2O4. The highest BCUT2D eigenvalue weighted by atomic mass is 127. The van der Waals surface area contributed by atoms with E-state index in [4.69, 9.17) is 0 Å². The molecule has 1 N–H and O–H groups in total. The van der Waals surface area contributed by atoms with Gasteiger partial charge in [-0.15, -0.1) is 0 Å². The smallest absolute Gasteiger partial charge is 0.326 e. The van der Waals surface area contributed by atoms with Crippen LogP contribution in [0.1, 0.15) is 19.3 Å². The zero-order chi connectivity index (χ0) is 14.0. The molecule has 1 aliphatic heterocycles. The van der Waals surface area contributed by atoms with Crippen molar-refractivity contribution in [2.45, 2.75) is 25.3 Å². The summed E-state index contributed by atoms with van der Waals surface area (Å²) in [6.07, 6.45) is 2.22. The molecule has 1 unspecified atom stereocenters. The van der Waals surface area contributed by atoms with Crippen LogP contribution in [0.5, 0.6) is 0 Å². The molecule has 1 aliphatic rings. The highest BCUT2D eigenvalue weighted by Crippen LogP contribution is 2.34. The van der Waals surface area contributed by atoms with Crippen LogP contribution >= 0.6 is 22.6 Å². The van der Waals surface area contributed by atoms with Gasteiger partial charge in [0.15, 0.2) is 0 Å². The van der Waals surface area contributed by atoms with Gasteiger partial charge in [0.1, 0.15) is 11.7 Å². The Bertz CT molecular complexity index is 520. The number of carboxylic acids is 1. The normalized spacial score (nSPS) is 19.2. The number of rotatable bonds is 3. The maximum absolute atomic E-state index is 11.3. The first-order valence-electron chi connectivity index (χ1n) is 5.94. The maximum Gasteiger partial charge on any atom is 0.326 e. The molecule has 7 heteroatoms. The largest absolute Gasteiger partial charge is 0.480 e. The Balaban J connectivity index is 2.44. The highest BCUT2D eigenvalue weighted by molar-refractivity contribution is 14.1. The van der Waals surface area contributed by atoms with Crippen LogP contribution in [0.3, 0.4) is 0 Å². The number of carboxylic acid groups (broad SMARTS) is 1. The van der Waals surface area contributed by atoms with Gasteiger partial charge < -0.3 is 10.0 Å². The number of hydrogen-bond acceptors (Lipinski definition) is 4. The number of nitro benzene ring substituents is 1. The summed E-state index contributed by atoms with van der Waals surface area (Å²) in [5.41, 5.74) is 0.373. The van der Waals surface area contributed by atoms with Gasteiger partial charge in [-0.2, -0.15) is 0 Å². The second-order valence-corrected chi connectivity index (χ2v) is 5.68. The summed E-state index contributed by atoms with van der Waals surface area (Å²) in [4.78, 5) is 23.6. The molecule has 1 atom stereocenters. The van der Waals surface area contributed by atoms with Crippen molar-refractivity contribution in [3.05, 3.63) is 31.9 Å². The van der Waals surface area contributed by atoms with Gasteiger partial charge in [0.2, 0.25) is 0 Å². The fourth-order valence-electron chi connectivity index (χ4n) is 2.36. The standard InChI is InChI=1S/C12H13IN2O4/c13-8-4-5-9(11(7-8)15(18)19)14-6-2-1-3-10(14)12(16)17/h4-5,7,10H,1-3,6H2,(H,16,17). The van der Waals surface area contributed by atoms with Crippen LogP contribution in [0.2, 0.25) is 0 Å². The molecule has 0 spiro atoms. The second-order valence-electron chi connectivity index (χ2n) is 4.43. The topological polar surface area (TPSA) is 83.7 Å². The Labute approximate surface area is 123 Å². The van der Waals surface area contributed by atoms with E-state index >= 15 is 0 Å². The van der Waals surface area contributed by atoms with Crippen LogP contribution in [0.25, 0.3) is 0 Å². The van der Waals surface area contributed by atoms with Crippen molar-refractivity contribution in [1.29, 1.82) is 0 Å². The second kappa shape index (κ2) is 5.72. The van der Waals surface area contributed by atoms with Crippen LogP contribution in [-0.2, 0) is 4.79 Å². The molecule has 1 saturated heterocycles. The van der Waals surface area contributed by atoms with E-state index in [1.165, 1.54) is 6.07 Å². The van der Waals surface area contributed by atoms with E-state index in [2.05, 4.69) is 0 Å². The van der Waals surface area contributed by atoms with Gasteiger partial charge in [0.25, 0.3) is 5.69 Å². The van der Waals surface area contributed by atoms with E-state index in [0.29, 0.717) is 18.7 Å². The first-order valence-corrected chi connectivity index (χ1v) is 7.02. The molecule has 0 aromatic heterocycles. The van der Waals surface area contributed by atoms with Gasteiger partial charge in [-0.3, -0.25) is 10.1 Å². The van der Waals surface area contributed by atoms with Crippen molar-refractivity contribution in [3.63, 3.8) is 0 Å². The molecule has 102 valence electrons. The van der Waals surface area contributed by atoms with Gasteiger partial charge in [0.05, 0.1) is 4.92 Å². The number of anilines is 1. The van der Waals surface area contributed by atoms with E-state index in [9.17, 15) is 20.0 Å². The number of benzene rings is 1. The SMILES string of the molecule is O=C(O)C1CCCCN1c1ccc(I)cc1[N+](=O)[O-]. The molecule has 0 aliphatic carbocycles. The quantitative estimate of drug-likeness (QED) is 0.498. The Morgan fingerprint density at radius 1 is 1.47 bits per heavy atom. The van der Waals surface area contributed by atoms with Crippen molar-refractivity contribution in [2.75, 3.05) is 11.4 Å². The molecule has 1 fully saturated rings. The molecule has 1 aromatic carbocycles. The third-order valence-corrected chi connectivity index (χ3v) is 3.90. The summed E-state index contributed by atoms with van der Waals surface area (Å²) < 4.78 is 0.761. The lowest BCUT2D eigenvalue weighted by Gasteiger charge is -2.34. The Hall–Kier alpha value is -1.38. The number of hydrogen-bond donors (Lipinski definition) is 1. The number of piperidine rings is 1. The molecule has 0 amide bonds. The molecule has 6 nitrogen and oxygen atoms in total. The van der Waals surface area contributed by atoms with Crippen molar-refractivity contribution < 1.29 is 14.8 Å². The minimum atomic E-state index is -0.924. The molecule has 1 heterocycles. The number of nitro groups is 1. The van der Waals surface area contributed by atoms with Gasteiger partial charge in [0, 0.05) is 16.2 Å². The van der Waals surface area contributed by atoms with E-state index < -0.39 is 16.9 Å². The molecule has 19 heavy (non-hydrogen) atoms. The molecule has 0 bridgehead atoms. The van der Waals surface area contributed by atoms with Crippen LogP contribution in [-0.4, -0.2) is 28.6 Å². The van der Waals surface area contributed by atoms with Gasteiger partial charge in [-0.1, -0.05) is 0 Å². The van der Waals surface area contributed by atoms with Crippen molar-refractivity contribution in [3.8, 4) is 0 Å². The minimum Gasteiger partial charge on any atom is -0.480 e. The molecule has 0 radical (unpaired) electrons. The van der Waals surface area contributed by atoms with Crippen LogP contribution in [0.15, 0.2) is 18.2 Å². The summed E-state index contributed by atoms with van der Waals surface area (Å²) in [5, 5.41) is 20.4. The van der Waals surface area contributed by atoms with E-state index in [0.717, 1.165) is 16.4 Å². The summed E-state index contributed by atoms with van der Waals surface area (Å²) in [6.45, 7) is 0.540.